The van der Waals surface area contributed by atoms with Gasteiger partial charge in [-0.25, -0.2) is 0 Å². The van der Waals surface area contributed by atoms with Crippen molar-refractivity contribution in [1.29, 1.82) is 5.41 Å². The third-order valence-corrected chi connectivity index (χ3v) is 6.76. The van der Waals surface area contributed by atoms with Gasteiger partial charge >= 0.3 is 0 Å². The van der Waals surface area contributed by atoms with Gasteiger partial charge in [0.15, 0.2) is 5.78 Å². The first-order valence-corrected chi connectivity index (χ1v) is 11.1. The van der Waals surface area contributed by atoms with Crippen molar-refractivity contribution in [3.05, 3.63) is 51.4 Å². The summed E-state index contributed by atoms with van der Waals surface area (Å²) in [6.07, 6.45) is 5.52. The number of piperidine rings is 1. The highest BCUT2D eigenvalue weighted by molar-refractivity contribution is 7.18. The van der Waals surface area contributed by atoms with E-state index in [1.807, 2.05) is 18.2 Å². The maximum atomic E-state index is 12.2. The lowest BCUT2D eigenvalue weighted by Gasteiger charge is -2.33. The van der Waals surface area contributed by atoms with Crippen molar-refractivity contribution < 1.29 is 9.63 Å². The molecule has 4 heterocycles. The fourth-order valence-electron chi connectivity index (χ4n) is 3.83. The summed E-state index contributed by atoms with van der Waals surface area (Å²) in [6, 6.07) is 9.18. The van der Waals surface area contributed by atoms with E-state index in [4.69, 9.17) is 21.8 Å². The van der Waals surface area contributed by atoms with Crippen LogP contribution in [-0.2, 0) is 4.84 Å². The van der Waals surface area contributed by atoms with E-state index in [9.17, 15) is 4.79 Å². The Balaban J connectivity index is 1.22. The number of hydrogen-bond donors (Lipinski definition) is 1. The number of hydrogen-bond acceptors (Lipinski definition) is 6. The molecule has 6 nitrogen and oxygen atoms in total. The topological polar surface area (TPSA) is 78.6 Å². The molecule has 0 spiro atoms. The molecule has 1 N–H and O–H groups in total. The monoisotopic (exact) mass is 430 g/mol. The number of thiophene rings is 1. The summed E-state index contributed by atoms with van der Waals surface area (Å²) in [5.41, 5.74) is 1.81. The fraction of sp³-hybridized carbons (Fsp3) is 0.429. The van der Waals surface area contributed by atoms with Crippen molar-refractivity contribution in [2.75, 3.05) is 13.1 Å². The molecular weight excluding hydrogens is 408 g/mol. The minimum absolute atomic E-state index is 0.0192. The van der Waals surface area contributed by atoms with Crippen molar-refractivity contribution in [3.63, 3.8) is 0 Å². The smallest absolute Gasteiger partial charge is 0.172 e. The van der Waals surface area contributed by atoms with E-state index in [1.54, 1.807) is 18.3 Å². The number of carbonyl (C=O) groups is 1. The first-order valence-electron chi connectivity index (χ1n) is 9.86. The highest BCUT2D eigenvalue weighted by Gasteiger charge is 2.31. The summed E-state index contributed by atoms with van der Waals surface area (Å²) in [6.45, 7) is 1.64. The van der Waals surface area contributed by atoms with Gasteiger partial charge in [0, 0.05) is 38.0 Å². The SMILES string of the molecule is N=C(c1ccccn1)N1CCC(C2=NOC(CCC(=O)c3ccc(Cl)s3)C2)CC1. The zero-order valence-corrected chi connectivity index (χ0v) is 17.6. The maximum absolute atomic E-state index is 12.2. The highest BCUT2D eigenvalue weighted by Crippen LogP contribution is 2.28. The molecule has 2 aromatic rings. The number of pyridine rings is 1. The molecule has 8 heteroatoms. The van der Waals surface area contributed by atoms with Crippen LogP contribution >= 0.6 is 22.9 Å². The normalized spacial score (nSPS) is 19.7. The van der Waals surface area contributed by atoms with Crippen LogP contribution in [0.15, 0.2) is 41.7 Å². The molecule has 152 valence electrons. The van der Waals surface area contributed by atoms with Gasteiger partial charge in [-0.3, -0.25) is 15.2 Å². The summed E-state index contributed by atoms with van der Waals surface area (Å²) in [5.74, 6) is 0.985. The quantitative estimate of drug-likeness (QED) is 0.411. The number of likely N-dealkylation sites (tertiary alicyclic amines) is 1. The van der Waals surface area contributed by atoms with Crippen molar-refractivity contribution in [1.82, 2.24) is 9.88 Å². The van der Waals surface area contributed by atoms with Crippen molar-refractivity contribution >= 4 is 40.3 Å². The van der Waals surface area contributed by atoms with Crippen LogP contribution in [0.1, 0.15) is 47.5 Å². The maximum Gasteiger partial charge on any atom is 0.172 e. The predicted molar refractivity (Wildman–Crippen MR) is 115 cm³/mol. The molecule has 0 bridgehead atoms. The summed E-state index contributed by atoms with van der Waals surface area (Å²) < 4.78 is 0.638. The van der Waals surface area contributed by atoms with Gasteiger partial charge < -0.3 is 9.74 Å². The van der Waals surface area contributed by atoms with Gasteiger partial charge in [0.05, 0.1) is 14.9 Å². The van der Waals surface area contributed by atoms with Crippen LogP contribution in [0.4, 0.5) is 0 Å². The largest absolute Gasteiger partial charge is 0.392 e. The summed E-state index contributed by atoms with van der Waals surface area (Å²) >= 11 is 7.23. The molecule has 0 aliphatic carbocycles. The van der Waals surface area contributed by atoms with Crippen LogP contribution in [0.3, 0.4) is 0 Å². The Morgan fingerprint density at radius 2 is 2.10 bits per heavy atom. The third-order valence-electron chi connectivity index (χ3n) is 5.49. The zero-order chi connectivity index (χ0) is 20.2. The number of oxime groups is 1. The molecular formula is C21H23ClN4O2S. The molecule has 0 amide bonds. The Morgan fingerprint density at radius 3 is 2.79 bits per heavy atom. The van der Waals surface area contributed by atoms with Crippen LogP contribution in [0.5, 0.6) is 0 Å². The molecule has 2 aromatic heterocycles. The van der Waals surface area contributed by atoms with Gasteiger partial charge in [-0.05, 0) is 43.5 Å². The first kappa shape index (κ1) is 20.0. The summed E-state index contributed by atoms with van der Waals surface area (Å²) in [4.78, 5) is 24.9. The Hall–Kier alpha value is -2.25. The average Bonchev–Trinajstić information content (AvgIpc) is 3.41. The molecule has 0 radical (unpaired) electrons. The summed E-state index contributed by atoms with van der Waals surface area (Å²) in [5, 5.41) is 12.7. The Morgan fingerprint density at radius 1 is 1.28 bits per heavy atom. The van der Waals surface area contributed by atoms with Gasteiger partial charge in [-0.15, -0.1) is 11.3 Å². The Kier molecular flexibility index (Phi) is 6.25. The lowest BCUT2D eigenvalue weighted by Crippen LogP contribution is -2.40. The molecule has 0 saturated carbocycles. The van der Waals surface area contributed by atoms with E-state index >= 15 is 0 Å². The van der Waals surface area contributed by atoms with Crippen LogP contribution in [0.25, 0.3) is 0 Å². The van der Waals surface area contributed by atoms with Gasteiger partial charge in [-0.1, -0.05) is 22.8 Å². The van der Waals surface area contributed by atoms with Gasteiger partial charge in [0.2, 0.25) is 0 Å². The lowest BCUT2D eigenvalue weighted by molar-refractivity contribution is 0.0719. The number of aromatic nitrogens is 1. The lowest BCUT2D eigenvalue weighted by atomic mass is 9.88. The van der Waals surface area contributed by atoms with Crippen molar-refractivity contribution in [2.45, 2.75) is 38.2 Å². The number of ketones is 1. The number of rotatable bonds is 6. The number of Topliss-reactive ketones (excluding diaryl/α,β-unsaturated/α-hetero) is 1. The van der Waals surface area contributed by atoms with E-state index < -0.39 is 0 Å². The van der Waals surface area contributed by atoms with Crippen LogP contribution in [-0.4, -0.2) is 46.4 Å². The minimum Gasteiger partial charge on any atom is -0.392 e. The van der Waals surface area contributed by atoms with Gasteiger partial charge in [0.1, 0.15) is 17.6 Å². The second-order valence-corrected chi connectivity index (χ2v) is 9.12. The molecule has 1 atom stereocenters. The van der Waals surface area contributed by atoms with E-state index in [2.05, 4.69) is 15.0 Å². The van der Waals surface area contributed by atoms with Crippen LogP contribution < -0.4 is 0 Å². The van der Waals surface area contributed by atoms with E-state index in [0.717, 1.165) is 38.1 Å². The third kappa shape index (κ3) is 4.85. The molecule has 2 aliphatic rings. The van der Waals surface area contributed by atoms with Gasteiger partial charge in [-0.2, -0.15) is 0 Å². The summed E-state index contributed by atoms with van der Waals surface area (Å²) in [7, 11) is 0. The van der Waals surface area contributed by atoms with E-state index in [-0.39, 0.29) is 11.9 Å². The molecule has 1 unspecified atom stereocenters. The average molecular weight is 431 g/mol. The number of nitrogens with one attached hydrogen (secondary N) is 1. The minimum atomic E-state index is -0.0192. The first-order chi connectivity index (χ1) is 14.1. The van der Waals surface area contributed by atoms with Crippen molar-refractivity contribution in [3.8, 4) is 0 Å². The fourth-order valence-corrected chi connectivity index (χ4v) is 4.84. The zero-order valence-electron chi connectivity index (χ0n) is 16.0. The molecule has 2 aliphatic heterocycles. The number of amidine groups is 1. The van der Waals surface area contributed by atoms with Crippen molar-refractivity contribution in [2.24, 2.45) is 11.1 Å². The highest BCUT2D eigenvalue weighted by atomic mass is 35.5. The molecule has 0 aromatic carbocycles. The van der Waals surface area contributed by atoms with E-state index in [0.29, 0.717) is 39.5 Å². The molecule has 4 rings (SSSR count). The molecule has 1 saturated heterocycles. The second-order valence-electron chi connectivity index (χ2n) is 7.40. The molecule has 29 heavy (non-hydrogen) atoms. The van der Waals surface area contributed by atoms with Gasteiger partial charge in [0.25, 0.3) is 0 Å². The Bertz CT molecular complexity index is 906. The molecule has 1 fully saturated rings. The second kappa shape index (κ2) is 9.05. The Labute approximate surface area is 179 Å². The standard InChI is InChI=1S/C21H23ClN4O2S/c22-20-7-6-19(29-20)18(27)5-4-15-13-17(25-28-15)14-8-11-26(12-9-14)21(23)16-3-1-2-10-24-16/h1-3,6-7,10,14-15,23H,4-5,8-9,11-13H2. The van der Waals surface area contributed by atoms with Crippen LogP contribution in [0.2, 0.25) is 4.34 Å². The number of halogens is 1. The predicted octanol–water partition coefficient (Wildman–Crippen LogP) is 4.64. The number of nitrogens with zero attached hydrogens (tertiary/aromatic N) is 3. The van der Waals surface area contributed by atoms with Crippen LogP contribution in [0, 0.1) is 11.3 Å². The number of carbonyl (C=O) groups excluding carboxylic acids is 1. The van der Waals surface area contributed by atoms with E-state index in [1.165, 1.54) is 11.3 Å².